The maximum atomic E-state index is 9.69. The Bertz CT molecular complexity index is 238. The lowest BCUT2D eigenvalue weighted by Crippen LogP contribution is -2.24. The van der Waals surface area contributed by atoms with Gasteiger partial charge in [0.05, 0.1) is 10.4 Å². The van der Waals surface area contributed by atoms with Crippen LogP contribution < -0.4 is 0 Å². The first-order valence-corrected chi connectivity index (χ1v) is 4.85. The van der Waals surface area contributed by atoms with Crippen molar-refractivity contribution in [1.82, 2.24) is 0 Å². The maximum Gasteiger partial charge on any atom is 0.0757 e. The molecule has 2 heteroatoms. The first kappa shape index (κ1) is 9.75. The van der Waals surface area contributed by atoms with Crippen LogP contribution in [0.2, 0.25) is 0 Å². The van der Waals surface area contributed by atoms with Gasteiger partial charge in [0.25, 0.3) is 0 Å². The quantitative estimate of drug-likeness (QED) is 0.773. The second-order valence-corrected chi connectivity index (χ2v) is 4.34. The molecule has 0 spiro atoms. The van der Waals surface area contributed by atoms with Gasteiger partial charge in [0.15, 0.2) is 0 Å². The smallest absolute Gasteiger partial charge is 0.0757 e. The molecular weight excluding hydrogens is 216 g/mol. The molecule has 1 N–H and O–H groups in total. The van der Waals surface area contributed by atoms with Crippen molar-refractivity contribution < 1.29 is 5.11 Å². The second-order valence-electron chi connectivity index (χ2n) is 3.43. The Balaban J connectivity index is 2.86. The molecule has 0 saturated heterocycles. The fourth-order valence-electron chi connectivity index (χ4n) is 1.03. The van der Waals surface area contributed by atoms with Crippen molar-refractivity contribution >= 4 is 15.9 Å². The highest BCUT2D eigenvalue weighted by Crippen LogP contribution is 2.33. The third-order valence-corrected chi connectivity index (χ3v) is 3.36. The molecule has 1 rings (SSSR count). The average Bonchev–Trinajstić information content (AvgIpc) is 2.03. The van der Waals surface area contributed by atoms with Crippen molar-refractivity contribution in [3.05, 3.63) is 35.9 Å². The Labute approximate surface area is 81.6 Å². The predicted molar refractivity (Wildman–Crippen MR) is 54.4 cm³/mol. The molecule has 0 fully saturated rings. The van der Waals surface area contributed by atoms with Crippen molar-refractivity contribution in [3.63, 3.8) is 0 Å². The molecule has 0 aromatic heterocycles. The fraction of sp³-hybridized carbons (Fsp3) is 0.400. The zero-order chi connectivity index (χ0) is 9.19. The van der Waals surface area contributed by atoms with Crippen LogP contribution in [0.5, 0.6) is 0 Å². The number of hydrogen-bond donors (Lipinski definition) is 1. The lowest BCUT2D eigenvalue weighted by molar-refractivity contribution is 0.0796. The van der Waals surface area contributed by atoms with Gasteiger partial charge in [-0.25, -0.2) is 0 Å². The molecule has 0 bridgehead atoms. The third-order valence-electron chi connectivity index (χ3n) is 1.71. The van der Waals surface area contributed by atoms with Crippen molar-refractivity contribution in [3.8, 4) is 0 Å². The molecular formula is C10H13BrO. The molecule has 66 valence electrons. The number of hydrogen-bond acceptors (Lipinski definition) is 1. The molecule has 0 aliphatic heterocycles. The van der Waals surface area contributed by atoms with Gasteiger partial charge in [-0.1, -0.05) is 46.3 Å². The summed E-state index contributed by atoms with van der Waals surface area (Å²) >= 11 is 3.46. The van der Waals surface area contributed by atoms with Crippen LogP contribution in [0.1, 0.15) is 24.2 Å². The lowest BCUT2D eigenvalue weighted by atomic mass is 9.99. The van der Waals surface area contributed by atoms with Gasteiger partial charge in [-0.2, -0.15) is 0 Å². The fourth-order valence-corrected chi connectivity index (χ4v) is 1.34. The molecule has 0 aliphatic carbocycles. The first-order chi connectivity index (χ1) is 5.52. The summed E-state index contributed by atoms with van der Waals surface area (Å²) in [5.74, 6) is 0. The van der Waals surface area contributed by atoms with Crippen LogP contribution in [0.4, 0.5) is 0 Å². The van der Waals surface area contributed by atoms with Gasteiger partial charge < -0.3 is 5.11 Å². The number of alkyl halides is 1. The SMILES string of the molecule is CC(C)(O)C(Br)c1ccccc1. The number of benzene rings is 1. The summed E-state index contributed by atoms with van der Waals surface area (Å²) in [4.78, 5) is -0.00815. The summed E-state index contributed by atoms with van der Waals surface area (Å²) < 4.78 is 0. The van der Waals surface area contributed by atoms with E-state index in [2.05, 4.69) is 15.9 Å². The molecule has 0 radical (unpaired) electrons. The minimum atomic E-state index is -0.721. The Hall–Kier alpha value is -0.340. The van der Waals surface area contributed by atoms with Gasteiger partial charge in [-0.05, 0) is 19.4 Å². The first-order valence-electron chi connectivity index (χ1n) is 3.93. The van der Waals surface area contributed by atoms with Crippen LogP contribution in [0.15, 0.2) is 30.3 Å². The Kier molecular flexibility index (Phi) is 2.91. The lowest BCUT2D eigenvalue weighted by Gasteiger charge is -2.24. The number of halogens is 1. The molecule has 0 saturated carbocycles. The molecule has 1 atom stereocenters. The Morgan fingerprint density at radius 1 is 1.25 bits per heavy atom. The van der Waals surface area contributed by atoms with Crippen molar-refractivity contribution in [2.75, 3.05) is 0 Å². The van der Waals surface area contributed by atoms with Gasteiger partial charge in [0.2, 0.25) is 0 Å². The topological polar surface area (TPSA) is 20.2 Å². The summed E-state index contributed by atoms with van der Waals surface area (Å²) in [6, 6.07) is 9.90. The van der Waals surface area contributed by atoms with E-state index in [1.807, 2.05) is 30.3 Å². The molecule has 1 aromatic carbocycles. The number of aliphatic hydroxyl groups is 1. The van der Waals surface area contributed by atoms with E-state index < -0.39 is 5.60 Å². The molecule has 1 unspecified atom stereocenters. The minimum absolute atomic E-state index is 0.00815. The normalized spacial score (nSPS) is 14.3. The molecule has 12 heavy (non-hydrogen) atoms. The van der Waals surface area contributed by atoms with Crippen LogP contribution in [0, 0.1) is 0 Å². The average molecular weight is 229 g/mol. The highest BCUT2D eigenvalue weighted by Gasteiger charge is 2.24. The van der Waals surface area contributed by atoms with Crippen molar-refractivity contribution in [2.24, 2.45) is 0 Å². The van der Waals surface area contributed by atoms with Crippen molar-refractivity contribution in [2.45, 2.75) is 24.3 Å². The molecule has 0 heterocycles. The molecule has 1 aromatic rings. The van der Waals surface area contributed by atoms with E-state index >= 15 is 0 Å². The summed E-state index contributed by atoms with van der Waals surface area (Å²) in [5.41, 5.74) is 0.381. The van der Waals surface area contributed by atoms with Gasteiger partial charge in [0.1, 0.15) is 0 Å². The van der Waals surface area contributed by atoms with Gasteiger partial charge >= 0.3 is 0 Å². The van der Waals surface area contributed by atoms with Crippen LogP contribution in [0.25, 0.3) is 0 Å². The highest BCUT2D eigenvalue weighted by atomic mass is 79.9. The van der Waals surface area contributed by atoms with Crippen LogP contribution in [-0.2, 0) is 0 Å². The van der Waals surface area contributed by atoms with E-state index in [0.29, 0.717) is 0 Å². The maximum absolute atomic E-state index is 9.69. The van der Waals surface area contributed by atoms with E-state index in [4.69, 9.17) is 0 Å². The largest absolute Gasteiger partial charge is 0.389 e. The second kappa shape index (κ2) is 3.58. The van der Waals surface area contributed by atoms with Crippen molar-refractivity contribution in [1.29, 1.82) is 0 Å². The van der Waals surface area contributed by atoms with E-state index in [0.717, 1.165) is 5.56 Å². The van der Waals surface area contributed by atoms with Gasteiger partial charge in [0, 0.05) is 0 Å². The van der Waals surface area contributed by atoms with Crippen LogP contribution in [0.3, 0.4) is 0 Å². The minimum Gasteiger partial charge on any atom is -0.389 e. The Morgan fingerprint density at radius 2 is 1.75 bits per heavy atom. The van der Waals surface area contributed by atoms with Gasteiger partial charge in [-0.15, -0.1) is 0 Å². The summed E-state index contributed by atoms with van der Waals surface area (Å²) in [7, 11) is 0. The number of rotatable bonds is 2. The monoisotopic (exact) mass is 228 g/mol. The zero-order valence-electron chi connectivity index (χ0n) is 7.29. The summed E-state index contributed by atoms with van der Waals surface area (Å²) in [5, 5.41) is 9.69. The van der Waals surface area contributed by atoms with E-state index in [1.54, 1.807) is 13.8 Å². The van der Waals surface area contributed by atoms with E-state index in [1.165, 1.54) is 0 Å². The van der Waals surface area contributed by atoms with Crippen LogP contribution >= 0.6 is 15.9 Å². The van der Waals surface area contributed by atoms with E-state index in [9.17, 15) is 5.11 Å². The summed E-state index contributed by atoms with van der Waals surface area (Å²) in [6.07, 6.45) is 0. The highest BCUT2D eigenvalue weighted by molar-refractivity contribution is 9.09. The standard InChI is InChI=1S/C10H13BrO/c1-10(2,12)9(11)8-6-4-3-5-7-8/h3-7,9,12H,1-2H3. The predicted octanol–water partition coefficient (Wildman–Crippen LogP) is 2.89. The molecule has 0 amide bonds. The van der Waals surface area contributed by atoms with Gasteiger partial charge in [-0.3, -0.25) is 0 Å². The van der Waals surface area contributed by atoms with E-state index in [-0.39, 0.29) is 4.83 Å². The molecule has 0 aliphatic rings. The van der Waals surface area contributed by atoms with Crippen LogP contribution in [-0.4, -0.2) is 10.7 Å². The summed E-state index contributed by atoms with van der Waals surface area (Å²) in [6.45, 7) is 3.58. The third kappa shape index (κ3) is 2.32. The molecule has 1 nitrogen and oxygen atoms in total. The zero-order valence-corrected chi connectivity index (χ0v) is 8.88. The Morgan fingerprint density at radius 3 is 2.17 bits per heavy atom.